The molecule has 17 heavy (non-hydrogen) atoms. The van der Waals surface area contributed by atoms with E-state index in [0.717, 1.165) is 5.56 Å². The van der Waals surface area contributed by atoms with Gasteiger partial charge in [-0.15, -0.1) is 6.58 Å². The maximum absolute atomic E-state index is 11.1. The molecule has 1 aromatic rings. The van der Waals surface area contributed by atoms with Gasteiger partial charge in [0.2, 0.25) is 0 Å². The van der Waals surface area contributed by atoms with Crippen molar-refractivity contribution in [3.8, 4) is 11.8 Å². The molecule has 0 heterocycles. The first-order valence-electron chi connectivity index (χ1n) is 5.10. The van der Waals surface area contributed by atoms with Crippen molar-refractivity contribution in [1.29, 1.82) is 0 Å². The second kappa shape index (κ2) is 7.37. The van der Waals surface area contributed by atoms with Crippen LogP contribution in [0.4, 0.5) is 4.79 Å². The Labute approximate surface area is 106 Å². The van der Waals surface area contributed by atoms with Gasteiger partial charge in [0.15, 0.2) is 0 Å². The third-order valence-electron chi connectivity index (χ3n) is 1.84. The highest BCUT2D eigenvalue weighted by Crippen LogP contribution is 2.12. The van der Waals surface area contributed by atoms with Crippen molar-refractivity contribution >= 4 is 17.6 Å². The summed E-state index contributed by atoms with van der Waals surface area (Å²) in [4.78, 5) is 11.1. The van der Waals surface area contributed by atoms with Crippen molar-refractivity contribution in [2.45, 2.75) is 0 Å². The van der Waals surface area contributed by atoms with Crippen LogP contribution in [0.1, 0.15) is 5.56 Å². The molecule has 4 heteroatoms. The van der Waals surface area contributed by atoms with E-state index in [1.807, 2.05) is 18.2 Å². The number of carbonyl (C=O) groups is 1. The van der Waals surface area contributed by atoms with Crippen molar-refractivity contribution in [3.05, 3.63) is 47.5 Å². The topological polar surface area (TPSA) is 41.1 Å². The van der Waals surface area contributed by atoms with Crippen LogP contribution in [0.25, 0.3) is 0 Å². The molecule has 0 fully saturated rings. The van der Waals surface area contributed by atoms with Crippen LogP contribution in [-0.4, -0.2) is 19.1 Å². The Kier molecular flexibility index (Phi) is 5.70. The Hall–Kier alpha value is -1.92. The second-order valence-electron chi connectivity index (χ2n) is 3.13. The van der Waals surface area contributed by atoms with Gasteiger partial charge in [0.1, 0.15) is 0 Å². The highest BCUT2D eigenvalue weighted by atomic mass is 35.5. The SMILES string of the molecule is C=CCNC(=O)NCC#Cc1ccccc1Cl. The molecule has 88 valence electrons. The fourth-order valence-corrected chi connectivity index (χ4v) is 1.24. The molecular formula is C13H13ClN2O. The predicted octanol–water partition coefficient (Wildman–Crippen LogP) is 2.18. The molecule has 0 radical (unpaired) electrons. The largest absolute Gasteiger partial charge is 0.335 e. The zero-order valence-electron chi connectivity index (χ0n) is 9.29. The molecule has 0 unspecified atom stereocenters. The van der Waals surface area contributed by atoms with Crippen molar-refractivity contribution in [2.75, 3.05) is 13.1 Å². The van der Waals surface area contributed by atoms with Crippen molar-refractivity contribution in [1.82, 2.24) is 10.6 Å². The fourth-order valence-electron chi connectivity index (χ4n) is 1.05. The van der Waals surface area contributed by atoms with Crippen LogP contribution in [0.15, 0.2) is 36.9 Å². The van der Waals surface area contributed by atoms with E-state index >= 15 is 0 Å². The van der Waals surface area contributed by atoms with Crippen LogP contribution in [0, 0.1) is 11.8 Å². The third kappa shape index (κ3) is 5.10. The van der Waals surface area contributed by atoms with Crippen LogP contribution in [0.5, 0.6) is 0 Å². The molecule has 0 aromatic heterocycles. The molecule has 0 aliphatic heterocycles. The number of rotatable bonds is 3. The molecule has 2 N–H and O–H groups in total. The zero-order valence-corrected chi connectivity index (χ0v) is 10.1. The van der Waals surface area contributed by atoms with E-state index in [-0.39, 0.29) is 12.6 Å². The van der Waals surface area contributed by atoms with Gasteiger partial charge in [-0.25, -0.2) is 4.79 Å². The van der Waals surface area contributed by atoms with Crippen LogP contribution in [0.2, 0.25) is 5.02 Å². The van der Waals surface area contributed by atoms with Gasteiger partial charge in [0.25, 0.3) is 0 Å². The average Bonchev–Trinajstić information content (AvgIpc) is 2.34. The first kappa shape index (κ1) is 13.1. The molecule has 0 aliphatic carbocycles. The normalized spacial score (nSPS) is 8.76. The van der Waals surface area contributed by atoms with Gasteiger partial charge in [-0.05, 0) is 12.1 Å². The molecule has 0 bridgehead atoms. The van der Waals surface area contributed by atoms with Gasteiger partial charge < -0.3 is 10.6 Å². The number of hydrogen-bond acceptors (Lipinski definition) is 1. The van der Waals surface area contributed by atoms with Crippen molar-refractivity contribution < 1.29 is 4.79 Å². The predicted molar refractivity (Wildman–Crippen MR) is 69.9 cm³/mol. The van der Waals surface area contributed by atoms with Gasteiger partial charge >= 0.3 is 6.03 Å². The average molecular weight is 249 g/mol. The van der Waals surface area contributed by atoms with Crippen LogP contribution in [-0.2, 0) is 0 Å². The summed E-state index contributed by atoms with van der Waals surface area (Å²) < 4.78 is 0. The molecular weight excluding hydrogens is 236 g/mol. The summed E-state index contributed by atoms with van der Waals surface area (Å²) in [6.45, 7) is 4.20. The van der Waals surface area contributed by atoms with Gasteiger partial charge in [-0.1, -0.05) is 41.7 Å². The lowest BCUT2D eigenvalue weighted by Crippen LogP contribution is -2.35. The summed E-state index contributed by atoms with van der Waals surface area (Å²) in [6.07, 6.45) is 1.61. The number of hydrogen-bond donors (Lipinski definition) is 2. The molecule has 2 amide bonds. The highest BCUT2D eigenvalue weighted by molar-refractivity contribution is 6.31. The maximum Gasteiger partial charge on any atom is 0.315 e. The molecule has 0 atom stereocenters. The quantitative estimate of drug-likeness (QED) is 0.625. The molecule has 3 nitrogen and oxygen atoms in total. The van der Waals surface area contributed by atoms with Crippen LogP contribution >= 0.6 is 11.6 Å². The Morgan fingerprint density at radius 1 is 1.41 bits per heavy atom. The number of nitrogens with one attached hydrogen (secondary N) is 2. The van der Waals surface area contributed by atoms with Gasteiger partial charge in [-0.2, -0.15) is 0 Å². The standard InChI is InChI=1S/C13H13ClN2O/c1-2-9-15-13(17)16-10-5-7-11-6-3-4-8-12(11)14/h2-4,6,8H,1,9-10H2,(H2,15,16,17). The smallest absolute Gasteiger partial charge is 0.315 e. The lowest BCUT2D eigenvalue weighted by molar-refractivity contribution is 0.243. The minimum atomic E-state index is -0.265. The van der Waals surface area contributed by atoms with Crippen molar-refractivity contribution in [3.63, 3.8) is 0 Å². The van der Waals surface area contributed by atoms with Gasteiger partial charge in [-0.3, -0.25) is 0 Å². The Morgan fingerprint density at radius 3 is 2.88 bits per heavy atom. The maximum atomic E-state index is 11.1. The lowest BCUT2D eigenvalue weighted by atomic mass is 10.2. The Bertz CT molecular complexity index is 460. The van der Waals surface area contributed by atoms with E-state index in [2.05, 4.69) is 29.1 Å². The van der Waals surface area contributed by atoms with Gasteiger partial charge in [0.05, 0.1) is 11.6 Å². The molecule has 1 aromatic carbocycles. The highest BCUT2D eigenvalue weighted by Gasteiger charge is 1.94. The second-order valence-corrected chi connectivity index (χ2v) is 3.54. The molecule has 0 saturated carbocycles. The fraction of sp³-hybridized carbons (Fsp3) is 0.154. The van der Waals surface area contributed by atoms with Crippen LogP contribution in [0.3, 0.4) is 0 Å². The van der Waals surface area contributed by atoms with E-state index in [0.29, 0.717) is 11.6 Å². The molecule has 0 saturated heterocycles. The minimum Gasteiger partial charge on any atom is -0.335 e. The third-order valence-corrected chi connectivity index (χ3v) is 2.17. The molecule has 0 spiro atoms. The lowest BCUT2D eigenvalue weighted by Gasteiger charge is -2.00. The monoisotopic (exact) mass is 248 g/mol. The Morgan fingerprint density at radius 2 is 2.18 bits per heavy atom. The number of carbonyl (C=O) groups excluding carboxylic acids is 1. The van der Waals surface area contributed by atoms with E-state index < -0.39 is 0 Å². The summed E-state index contributed by atoms with van der Waals surface area (Å²) in [5, 5.41) is 5.78. The minimum absolute atomic E-state index is 0.265. The van der Waals surface area contributed by atoms with E-state index in [9.17, 15) is 4.79 Å². The summed E-state index contributed by atoms with van der Waals surface area (Å²) in [5.74, 6) is 5.70. The zero-order chi connectivity index (χ0) is 12.5. The van der Waals surface area contributed by atoms with Gasteiger partial charge in [0, 0.05) is 12.1 Å². The summed E-state index contributed by atoms with van der Waals surface area (Å²) in [5.41, 5.74) is 0.752. The first-order valence-corrected chi connectivity index (χ1v) is 5.48. The van der Waals surface area contributed by atoms with Crippen LogP contribution < -0.4 is 10.6 Å². The summed E-state index contributed by atoms with van der Waals surface area (Å²) >= 11 is 5.92. The number of benzene rings is 1. The molecule has 1 rings (SSSR count). The number of urea groups is 1. The summed E-state index contributed by atoms with van der Waals surface area (Å²) in [7, 11) is 0. The van der Waals surface area contributed by atoms with E-state index in [1.165, 1.54) is 0 Å². The summed E-state index contributed by atoms with van der Waals surface area (Å²) in [6, 6.07) is 7.04. The van der Waals surface area contributed by atoms with E-state index in [1.54, 1.807) is 12.1 Å². The number of halogens is 1. The number of amides is 2. The Balaban J connectivity index is 2.39. The van der Waals surface area contributed by atoms with E-state index in [4.69, 9.17) is 11.6 Å². The van der Waals surface area contributed by atoms with Crippen molar-refractivity contribution in [2.24, 2.45) is 0 Å². The molecule has 0 aliphatic rings. The first-order chi connectivity index (χ1) is 8.24.